The monoisotopic (exact) mass is 299 g/mol. The molecule has 0 unspecified atom stereocenters. The number of aryl methyl sites for hydroxylation is 2. The van der Waals surface area contributed by atoms with E-state index in [2.05, 4.69) is 11.1 Å². The van der Waals surface area contributed by atoms with E-state index in [9.17, 15) is 5.26 Å². The van der Waals surface area contributed by atoms with Gasteiger partial charge in [-0.05, 0) is 49.4 Å². The van der Waals surface area contributed by atoms with Gasteiger partial charge < -0.3 is 10.5 Å². The van der Waals surface area contributed by atoms with Crippen molar-refractivity contribution in [2.45, 2.75) is 25.7 Å². The summed E-state index contributed by atoms with van der Waals surface area (Å²) in [5.74, 6) is 0.710. The third kappa shape index (κ3) is 2.79. The number of nitriles is 1. The minimum atomic E-state index is 0.297. The molecule has 0 saturated carbocycles. The summed E-state index contributed by atoms with van der Waals surface area (Å²) in [4.78, 5) is 4.51. The van der Waals surface area contributed by atoms with Crippen molar-refractivity contribution in [3.8, 4) is 17.7 Å². The second kappa shape index (κ2) is 5.63. The van der Waals surface area contributed by atoms with Crippen molar-refractivity contribution in [3.05, 3.63) is 46.1 Å². The number of fused-ring (bicyclic) bond motifs is 1. The molecular weight excluding hydrogens is 286 g/mol. The summed E-state index contributed by atoms with van der Waals surface area (Å²) in [7, 11) is 0. The Morgan fingerprint density at radius 2 is 2.05 bits per heavy atom. The van der Waals surface area contributed by atoms with E-state index in [1.165, 1.54) is 0 Å². The van der Waals surface area contributed by atoms with Gasteiger partial charge in [-0.25, -0.2) is 4.98 Å². The number of nitrogens with two attached hydrogens (primary N) is 1. The maximum Gasteiger partial charge on any atom is 0.237 e. The highest BCUT2D eigenvalue weighted by Gasteiger charge is 2.17. The van der Waals surface area contributed by atoms with Crippen LogP contribution in [-0.2, 0) is 12.8 Å². The second-order valence-electron chi connectivity index (χ2n) is 5.06. The second-order valence-corrected chi connectivity index (χ2v) is 5.46. The summed E-state index contributed by atoms with van der Waals surface area (Å²) >= 11 is 6.09. The molecule has 0 radical (unpaired) electrons. The fourth-order valence-electron chi connectivity index (χ4n) is 2.47. The highest BCUT2D eigenvalue weighted by Crippen LogP contribution is 2.33. The average Bonchev–Trinajstić information content (AvgIpc) is 2.50. The highest BCUT2D eigenvalue weighted by atomic mass is 35.5. The van der Waals surface area contributed by atoms with Crippen molar-refractivity contribution in [2.24, 2.45) is 0 Å². The number of anilines is 1. The maximum absolute atomic E-state index is 9.29. The van der Waals surface area contributed by atoms with E-state index in [0.29, 0.717) is 27.9 Å². The molecule has 0 fully saturated rings. The van der Waals surface area contributed by atoms with E-state index in [1.807, 2.05) is 6.07 Å². The number of benzene rings is 1. The molecule has 2 N–H and O–H groups in total. The van der Waals surface area contributed by atoms with Gasteiger partial charge in [0, 0.05) is 17.4 Å². The predicted octanol–water partition coefficient (Wildman–Crippen LogP) is 3.86. The molecule has 1 aliphatic rings. The summed E-state index contributed by atoms with van der Waals surface area (Å²) in [6.45, 7) is 0. The third-order valence-electron chi connectivity index (χ3n) is 3.55. The largest absolute Gasteiger partial charge is 0.436 e. The molecule has 2 aromatic rings. The Morgan fingerprint density at radius 1 is 1.24 bits per heavy atom. The zero-order chi connectivity index (χ0) is 14.8. The van der Waals surface area contributed by atoms with Crippen LogP contribution in [-0.4, -0.2) is 4.98 Å². The summed E-state index contributed by atoms with van der Waals surface area (Å²) in [6, 6.07) is 9.00. The van der Waals surface area contributed by atoms with Gasteiger partial charge in [-0.3, -0.25) is 0 Å². The van der Waals surface area contributed by atoms with Crippen molar-refractivity contribution in [1.82, 2.24) is 4.98 Å². The van der Waals surface area contributed by atoms with Gasteiger partial charge in [0.25, 0.3) is 0 Å². The van der Waals surface area contributed by atoms with Gasteiger partial charge >= 0.3 is 0 Å². The first-order chi connectivity index (χ1) is 10.2. The van der Waals surface area contributed by atoms with Gasteiger partial charge in [0.1, 0.15) is 17.4 Å². The van der Waals surface area contributed by atoms with Crippen LogP contribution in [0.1, 0.15) is 29.7 Å². The number of nitrogens with zero attached hydrogens (tertiary/aromatic N) is 2. The molecule has 106 valence electrons. The fourth-order valence-corrected chi connectivity index (χ4v) is 2.63. The molecule has 0 spiro atoms. The molecule has 5 heteroatoms. The zero-order valence-corrected chi connectivity index (χ0v) is 12.2. The van der Waals surface area contributed by atoms with Crippen molar-refractivity contribution < 1.29 is 4.74 Å². The molecule has 0 aliphatic heterocycles. The van der Waals surface area contributed by atoms with Gasteiger partial charge in [-0.15, -0.1) is 0 Å². The zero-order valence-electron chi connectivity index (χ0n) is 11.4. The summed E-state index contributed by atoms with van der Waals surface area (Å²) in [5, 5.41) is 9.73. The van der Waals surface area contributed by atoms with E-state index < -0.39 is 0 Å². The number of aromatic nitrogens is 1. The average molecular weight is 300 g/mol. The minimum Gasteiger partial charge on any atom is -0.436 e. The molecule has 21 heavy (non-hydrogen) atoms. The summed E-state index contributed by atoms with van der Waals surface area (Å²) < 4.78 is 5.73. The first kappa shape index (κ1) is 13.7. The first-order valence-corrected chi connectivity index (χ1v) is 7.21. The first-order valence-electron chi connectivity index (χ1n) is 6.83. The van der Waals surface area contributed by atoms with Crippen molar-refractivity contribution >= 4 is 17.3 Å². The van der Waals surface area contributed by atoms with Crippen LogP contribution >= 0.6 is 11.6 Å². The van der Waals surface area contributed by atoms with E-state index in [1.54, 1.807) is 18.2 Å². The minimum absolute atomic E-state index is 0.297. The fraction of sp³-hybridized carbons (Fsp3) is 0.250. The van der Waals surface area contributed by atoms with Crippen LogP contribution in [0.25, 0.3) is 0 Å². The lowest BCUT2D eigenvalue weighted by Gasteiger charge is -2.17. The molecule has 1 aliphatic carbocycles. The Balaban J connectivity index is 2.02. The van der Waals surface area contributed by atoms with Crippen LogP contribution in [0.15, 0.2) is 24.3 Å². The molecule has 0 atom stereocenters. The van der Waals surface area contributed by atoms with Crippen LogP contribution in [0.2, 0.25) is 5.02 Å². The van der Waals surface area contributed by atoms with Crippen LogP contribution in [0.5, 0.6) is 11.6 Å². The lowest BCUT2D eigenvalue weighted by atomic mass is 9.95. The molecule has 1 aromatic heterocycles. The van der Waals surface area contributed by atoms with Crippen LogP contribution < -0.4 is 10.5 Å². The highest BCUT2D eigenvalue weighted by molar-refractivity contribution is 6.32. The van der Waals surface area contributed by atoms with E-state index in [4.69, 9.17) is 22.1 Å². The predicted molar refractivity (Wildman–Crippen MR) is 81.5 cm³/mol. The Morgan fingerprint density at radius 3 is 2.86 bits per heavy atom. The SMILES string of the molecule is N#Cc1cc2c(nc1Oc1cc(N)ccc1Cl)CCCC2. The normalized spacial score (nSPS) is 13.3. The number of hydrogen-bond acceptors (Lipinski definition) is 4. The van der Waals surface area contributed by atoms with E-state index in [-0.39, 0.29) is 0 Å². The summed E-state index contributed by atoms with van der Waals surface area (Å²) in [6.07, 6.45) is 4.14. The Labute approximate surface area is 128 Å². The lowest BCUT2D eigenvalue weighted by molar-refractivity contribution is 0.456. The molecule has 0 saturated heterocycles. The molecule has 0 amide bonds. The Hall–Kier alpha value is -2.25. The van der Waals surface area contributed by atoms with Gasteiger partial charge in [-0.2, -0.15) is 5.26 Å². The summed E-state index contributed by atoms with van der Waals surface area (Å²) in [5.41, 5.74) is 8.86. The van der Waals surface area contributed by atoms with Gasteiger partial charge in [0.05, 0.1) is 5.02 Å². The molecule has 4 nitrogen and oxygen atoms in total. The topological polar surface area (TPSA) is 71.9 Å². The van der Waals surface area contributed by atoms with Gasteiger partial charge in [0.2, 0.25) is 5.88 Å². The quantitative estimate of drug-likeness (QED) is 0.855. The van der Waals surface area contributed by atoms with E-state index >= 15 is 0 Å². The van der Waals surface area contributed by atoms with Crippen molar-refractivity contribution in [3.63, 3.8) is 0 Å². The van der Waals surface area contributed by atoms with Crippen molar-refractivity contribution in [2.75, 3.05) is 5.73 Å². The smallest absolute Gasteiger partial charge is 0.237 e. The standard InChI is InChI=1S/C16H14ClN3O/c17-13-6-5-12(19)8-15(13)21-16-11(9-18)7-10-3-1-2-4-14(10)20-16/h5-8H,1-4,19H2. The molecule has 3 rings (SSSR count). The van der Waals surface area contributed by atoms with Crippen LogP contribution in [0, 0.1) is 11.3 Å². The Bertz CT molecular complexity index is 737. The van der Waals surface area contributed by atoms with Gasteiger partial charge in [0.15, 0.2) is 0 Å². The Kier molecular flexibility index (Phi) is 3.68. The molecule has 1 heterocycles. The number of nitrogen functional groups attached to an aromatic ring is 1. The number of rotatable bonds is 2. The molecule has 0 bridgehead atoms. The lowest BCUT2D eigenvalue weighted by Crippen LogP contribution is -2.07. The third-order valence-corrected chi connectivity index (χ3v) is 3.86. The number of ether oxygens (including phenoxy) is 1. The number of pyridine rings is 1. The maximum atomic E-state index is 9.29. The van der Waals surface area contributed by atoms with E-state index in [0.717, 1.165) is 36.9 Å². The van der Waals surface area contributed by atoms with Gasteiger partial charge in [-0.1, -0.05) is 11.6 Å². The van der Waals surface area contributed by atoms with Crippen molar-refractivity contribution in [1.29, 1.82) is 5.26 Å². The number of hydrogen-bond donors (Lipinski definition) is 1. The van der Waals surface area contributed by atoms with Crippen LogP contribution in [0.3, 0.4) is 0 Å². The van der Waals surface area contributed by atoms with Crippen LogP contribution in [0.4, 0.5) is 5.69 Å². The number of halogens is 1. The molecule has 1 aromatic carbocycles. The molecular formula is C16H14ClN3O.